The summed E-state index contributed by atoms with van der Waals surface area (Å²) in [5, 5.41) is 7.18. The van der Waals surface area contributed by atoms with E-state index in [1.54, 1.807) is 0 Å². The largest absolute Gasteiger partial charge is 0.256 e. The second-order valence-corrected chi connectivity index (χ2v) is 6.10. The summed E-state index contributed by atoms with van der Waals surface area (Å²) in [4.78, 5) is 4.44. The molecule has 118 valence electrons. The van der Waals surface area contributed by atoms with Gasteiger partial charge >= 0.3 is 0 Å². The van der Waals surface area contributed by atoms with Crippen molar-refractivity contribution in [1.82, 2.24) is 14.6 Å². The summed E-state index contributed by atoms with van der Waals surface area (Å²) >= 11 is 0. The molecule has 0 saturated heterocycles. The molecular weight excluding hydrogens is 306 g/mol. The predicted molar refractivity (Wildman–Crippen MR) is 101 cm³/mol. The van der Waals surface area contributed by atoms with Crippen LogP contribution in [0.3, 0.4) is 0 Å². The molecule has 0 aliphatic carbocycles. The molecule has 0 radical (unpaired) electrons. The Kier molecular flexibility index (Phi) is 3.10. The Morgan fingerprint density at radius 2 is 1.44 bits per heavy atom. The zero-order chi connectivity index (χ0) is 16.6. The molecule has 25 heavy (non-hydrogen) atoms. The summed E-state index contributed by atoms with van der Waals surface area (Å²) in [5.41, 5.74) is 5.22. The molecule has 0 amide bonds. The van der Waals surface area contributed by atoms with Crippen LogP contribution in [0.25, 0.3) is 38.8 Å². The van der Waals surface area contributed by atoms with Crippen LogP contribution in [0.4, 0.5) is 0 Å². The van der Waals surface area contributed by atoms with Crippen LogP contribution in [0, 0.1) is 0 Å². The maximum Gasteiger partial charge on any atom is 0.0933 e. The van der Waals surface area contributed by atoms with Crippen molar-refractivity contribution in [2.45, 2.75) is 0 Å². The number of rotatable bonds is 2. The Balaban J connectivity index is 1.64. The van der Waals surface area contributed by atoms with Crippen molar-refractivity contribution in [2.75, 3.05) is 0 Å². The second kappa shape index (κ2) is 5.56. The number of nitrogens with zero attached hydrogens (tertiary/aromatic N) is 3. The number of fused-ring (bicyclic) bond motifs is 2. The first kappa shape index (κ1) is 13.9. The van der Waals surface area contributed by atoms with E-state index < -0.39 is 0 Å². The Morgan fingerprint density at radius 3 is 2.28 bits per heavy atom. The van der Waals surface area contributed by atoms with Crippen LogP contribution >= 0.6 is 0 Å². The molecule has 0 fully saturated rings. The Morgan fingerprint density at radius 1 is 0.640 bits per heavy atom. The van der Waals surface area contributed by atoms with Crippen molar-refractivity contribution in [3.05, 3.63) is 91.3 Å². The molecule has 0 bridgehead atoms. The van der Waals surface area contributed by atoms with Gasteiger partial charge in [0.15, 0.2) is 0 Å². The summed E-state index contributed by atoms with van der Waals surface area (Å²) in [6, 6.07) is 27.0. The van der Waals surface area contributed by atoms with Crippen LogP contribution in [0.1, 0.15) is 0 Å². The van der Waals surface area contributed by atoms with Gasteiger partial charge in [-0.3, -0.25) is 4.98 Å². The second-order valence-electron chi connectivity index (χ2n) is 6.10. The normalized spacial score (nSPS) is 11.2. The van der Waals surface area contributed by atoms with E-state index in [0.29, 0.717) is 0 Å². The van der Waals surface area contributed by atoms with Crippen molar-refractivity contribution in [1.29, 1.82) is 0 Å². The van der Waals surface area contributed by atoms with Crippen molar-refractivity contribution in [3.63, 3.8) is 0 Å². The first-order chi connectivity index (χ1) is 12.4. The maximum absolute atomic E-state index is 4.76. The van der Waals surface area contributed by atoms with Gasteiger partial charge in [0, 0.05) is 28.9 Å². The summed E-state index contributed by atoms with van der Waals surface area (Å²) in [6.07, 6.45) is 3.90. The molecule has 0 aliphatic rings. The molecule has 5 rings (SSSR count). The highest BCUT2D eigenvalue weighted by atomic mass is 15.2. The van der Waals surface area contributed by atoms with Crippen LogP contribution in [0.5, 0.6) is 0 Å². The van der Waals surface area contributed by atoms with Crippen LogP contribution in [-0.2, 0) is 0 Å². The molecule has 5 aromatic rings. The molecule has 0 saturated carbocycles. The van der Waals surface area contributed by atoms with Gasteiger partial charge in [-0.15, -0.1) is 0 Å². The lowest BCUT2D eigenvalue weighted by atomic mass is 10.1. The van der Waals surface area contributed by atoms with Gasteiger partial charge in [-0.1, -0.05) is 48.5 Å². The zero-order valence-corrected chi connectivity index (χ0v) is 13.5. The summed E-state index contributed by atoms with van der Waals surface area (Å²) in [5.74, 6) is 0. The SMILES string of the molecule is c1ccc(-c2cccc(-c3cc4cc5ccccc5cn4n3)c2)nc1. The highest BCUT2D eigenvalue weighted by Crippen LogP contribution is 2.26. The summed E-state index contributed by atoms with van der Waals surface area (Å²) < 4.78 is 1.95. The first-order valence-corrected chi connectivity index (χ1v) is 8.27. The van der Waals surface area contributed by atoms with Crippen molar-refractivity contribution >= 4 is 16.3 Å². The van der Waals surface area contributed by atoms with Gasteiger partial charge in [0.05, 0.1) is 16.9 Å². The minimum atomic E-state index is 0.966. The molecule has 3 nitrogen and oxygen atoms in total. The zero-order valence-electron chi connectivity index (χ0n) is 13.5. The number of hydrogen-bond donors (Lipinski definition) is 0. The Hall–Kier alpha value is -3.46. The monoisotopic (exact) mass is 321 g/mol. The van der Waals surface area contributed by atoms with E-state index in [1.807, 2.05) is 28.9 Å². The minimum Gasteiger partial charge on any atom is -0.256 e. The molecule has 0 aliphatic heterocycles. The van der Waals surface area contributed by atoms with Crippen molar-refractivity contribution in [2.24, 2.45) is 0 Å². The van der Waals surface area contributed by atoms with E-state index in [9.17, 15) is 0 Å². The third-order valence-electron chi connectivity index (χ3n) is 4.44. The molecule has 0 spiro atoms. The highest BCUT2D eigenvalue weighted by molar-refractivity contribution is 5.86. The van der Waals surface area contributed by atoms with Crippen LogP contribution < -0.4 is 0 Å². The van der Waals surface area contributed by atoms with Crippen molar-refractivity contribution < 1.29 is 0 Å². The Labute approximate surface area is 145 Å². The van der Waals surface area contributed by atoms with Crippen LogP contribution in [0.2, 0.25) is 0 Å². The van der Waals surface area contributed by atoms with E-state index >= 15 is 0 Å². The van der Waals surface area contributed by atoms with E-state index in [1.165, 1.54) is 10.8 Å². The van der Waals surface area contributed by atoms with Crippen molar-refractivity contribution in [3.8, 4) is 22.5 Å². The quantitative estimate of drug-likeness (QED) is 0.446. The van der Waals surface area contributed by atoms with Gasteiger partial charge < -0.3 is 0 Å². The molecular formula is C22H15N3. The first-order valence-electron chi connectivity index (χ1n) is 8.27. The summed E-state index contributed by atoms with van der Waals surface area (Å²) in [7, 11) is 0. The minimum absolute atomic E-state index is 0.966. The van der Waals surface area contributed by atoms with Gasteiger partial charge in [-0.2, -0.15) is 5.10 Å². The average Bonchev–Trinajstić information content (AvgIpc) is 3.10. The smallest absolute Gasteiger partial charge is 0.0933 e. The van der Waals surface area contributed by atoms with Gasteiger partial charge in [0.2, 0.25) is 0 Å². The third kappa shape index (κ3) is 2.46. The van der Waals surface area contributed by atoms with E-state index in [-0.39, 0.29) is 0 Å². The molecule has 2 aromatic carbocycles. The topological polar surface area (TPSA) is 30.2 Å². The van der Waals surface area contributed by atoms with Gasteiger partial charge in [-0.25, -0.2) is 4.52 Å². The fourth-order valence-corrected chi connectivity index (χ4v) is 3.18. The lowest BCUT2D eigenvalue weighted by Crippen LogP contribution is -1.88. The lowest BCUT2D eigenvalue weighted by Gasteiger charge is -2.02. The van der Waals surface area contributed by atoms with Gasteiger partial charge in [0.1, 0.15) is 0 Å². The van der Waals surface area contributed by atoms with E-state index in [0.717, 1.165) is 28.0 Å². The van der Waals surface area contributed by atoms with Crippen LogP contribution in [0.15, 0.2) is 91.3 Å². The Bertz CT molecular complexity index is 1140. The van der Waals surface area contributed by atoms with E-state index in [2.05, 4.69) is 71.8 Å². The lowest BCUT2D eigenvalue weighted by molar-refractivity contribution is 0.974. The maximum atomic E-state index is 4.76. The molecule has 0 N–H and O–H groups in total. The molecule has 0 unspecified atom stereocenters. The third-order valence-corrected chi connectivity index (χ3v) is 4.44. The standard InChI is InChI=1S/C22H15N3/c1-2-7-19-15-25-20(13-16(19)6-1)14-22(24-25)18-9-5-8-17(12-18)21-10-3-4-11-23-21/h1-15H. The van der Waals surface area contributed by atoms with Gasteiger partial charge in [-0.05, 0) is 35.7 Å². The van der Waals surface area contributed by atoms with E-state index in [4.69, 9.17) is 5.10 Å². The number of benzene rings is 2. The summed E-state index contributed by atoms with van der Waals surface area (Å²) in [6.45, 7) is 0. The molecule has 3 aromatic heterocycles. The van der Waals surface area contributed by atoms with Crippen LogP contribution in [-0.4, -0.2) is 14.6 Å². The van der Waals surface area contributed by atoms with Gasteiger partial charge in [0.25, 0.3) is 0 Å². The molecule has 0 atom stereocenters. The molecule has 3 heteroatoms. The predicted octanol–water partition coefficient (Wildman–Crippen LogP) is 5.22. The fourth-order valence-electron chi connectivity index (χ4n) is 3.18. The number of hydrogen-bond acceptors (Lipinski definition) is 2. The fraction of sp³-hybridized carbons (Fsp3) is 0. The average molecular weight is 321 g/mol. The highest BCUT2D eigenvalue weighted by Gasteiger charge is 2.07. The number of pyridine rings is 2. The number of aromatic nitrogens is 3. The molecule has 3 heterocycles.